The van der Waals surface area contributed by atoms with Crippen LogP contribution in [0, 0.1) is 0 Å². The summed E-state index contributed by atoms with van der Waals surface area (Å²) in [5.41, 5.74) is 4.28. The lowest BCUT2D eigenvalue weighted by Gasteiger charge is -2.13. The Balaban J connectivity index is 2.20. The quantitative estimate of drug-likeness (QED) is 0.868. The summed E-state index contributed by atoms with van der Waals surface area (Å²) in [4.78, 5) is 11.0. The van der Waals surface area contributed by atoms with Crippen LogP contribution in [0.1, 0.15) is 5.56 Å². The number of benzene rings is 1. The molecule has 3 rings (SSSR count). The average Bonchev–Trinajstić information content (AvgIpc) is 2.56. The van der Waals surface area contributed by atoms with Gasteiger partial charge in [0.25, 0.3) is 0 Å². The fraction of sp³-hybridized carbons (Fsp3) is 0.286. The molecule has 1 aromatic heterocycles. The molecule has 98 valence electrons. The number of hydrogen-bond donors (Lipinski definition) is 1. The first kappa shape index (κ1) is 12.2. The van der Waals surface area contributed by atoms with Crippen LogP contribution < -0.4 is 10.2 Å². The van der Waals surface area contributed by atoms with Crippen molar-refractivity contribution in [1.29, 1.82) is 0 Å². The van der Waals surface area contributed by atoms with Crippen molar-refractivity contribution in [3.8, 4) is 11.3 Å². The van der Waals surface area contributed by atoms with Gasteiger partial charge in [-0.1, -0.05) is 11.6 Å². The van der Waals surface area contributed by atoms with Gasteiger partial charge >= 0.3 is 0 Å². The van der Waals surface area contributed by atoms with Gasteiger partial charge in [0, 0.05) is 43.1 Å². The highest BCUT2D eigenvalue weighted by atomic mass is 35.5. The van der Waals surface area contributed by atoms with Crippen molar-refractivity contribution in [3.63, 3.8) is 0 Å². The number of nitrogens with zero attached hydrogens (tertiary/aromatic N) is 3. The van der Waals surface area contributed by atoms with Crippen LogP contribution in [0.3, 0.4) is 0 Å². The molecule has 0 fully saturated rings. The zero-order valence-corrected chi connectivity index (χ0v) is 11.7. The van der Waals surface area contributed by atoms with Gasteiger partial charge < -0.3 is 10.2 Å². The zero-order chi connectivity index (χ0) is 13.4. The number of anilines is 2. The Kier molecular flexibility index (Phi) is 3.03. The van der Waals surface area contributed by atoms with Crippen LogP contribution in [0.4, 0.5) is 11.6 Å². The third-order valence-corrected chi connectivity index (χ3v) is 3.43. The summed E-state index contributed by atoms with van der Waals surface area (Å²) in [6.45, 7) is 0.866. The van der Waals surface area contributed by atoms with Crippen molar-refractivity contribution in [3.05, 3.63) is 35.0 Å². The van der Waals surface area contributed by atoms with Crippen molar-refractivity contribution in [2.45, 2.75) is 6.42 Å². The first-order chi connectivity index (χ1) is 9.15. The zero-order valence-electron chi connectivity index (χ0n) is 10.9. The Hall–Kier alpha value is -1.81. The molecule has 0 unspecified atom stereocenters. The lowest BCUT2D eigenvalue weighted by atomic mass is 10.1. The Bertz CT molecular complexity index is 625. The number of halogens is 1. The van der Waals surface area contributed by atoms with E-state index in [1.807, 2.05) is 43.4 Å². The predicted molar refractivity (Wildman–Crippen MR) is 79.0 cm³/mol. The molecule has 1 N–H and O–H groups in total. The number of aromatic nitrogens is 2. The Morgan fingerprint density at radius 1 is 1.32 bits per heavy atom. The summed E-state index contributed by atoms with van der Waals surface area (Å²) in [5.74, 6) is 0.724. The molecule has 0 spiro atoms. The molecule has 2 aromatic rings. The van der Waals surface area contributed by atoms with E-state index in [-0.39, 0.29) is 0 Å². The second kappa shape index (κ2) is 4.70. The van der Waals surface area contributed by atoms with Crippen LogP contribution in [0.2, 0.25) is 5.02 Å². The Morgan fingerprint density at radius 2 is 2.16 bits per heavy atom. The maximum absolute atomic E-state index is 6.06. The van der Waals surface area contributed by atoms with Crippen LogP contribution in [0.25, 0.3) is 11.3 Å². The van der Waals surface area contributed by atoms with E-state index in [0.717, 1.165) is 40.9 Å². The standard InChI is InChI=1S/C14H15ClN4/c1-19(2)14-17-8-9-5-6-16-12-7-10(15)3-4-11(12)13(9)18-14/h3-4,7-8,16H,5-6H2,1-2H3. The number of fused-ring (bicyclic) bond motifs is 3. The van der Waals surface area contributed by atoms with Crippen molar-refractivity contribution in [2.75, 3.05) is 30.9 Å². The number of rotatable bonds is 1. The molecule has 0 bridgehead atoms. The van der Waals surface area contributed by atoms with Crippen molar-refractivity contribution < 1.29 is 0 Å². The molecule has 1 aromatic carbocycles. The lowest BCUT2D eigenvalue weighted by molar-refractivity contribution is 0.959. The Labute approximate surface area is 117 Å². The van der Waals surface area contributed by atoms with Gasteiger partial charge in [-0.15, -0.1) is 0 Å². The van der Waals surface area contributed by atoms with Gasteiger partial charge in [-0.05, 0) is 30.2 Å². The summed E-state index contributed by atoms with van der Waals surface area (Å²) in [5, 5.41) is 4.13. The third-order valence-electron chi connectivity index (χ3n) is 3.20. The molecule has 0 saturated heterocycles. The molecule has 2 heterocycles. The summed E-state index contributed by atoms with van der Waals surface area (Å²) >= 11 is 6.06. The fourth-order valence-electron chi connectivity index (χ4n) is 2.23. The molecule has 0 radical (unpaired) electrons. The fourth-order valence-corrected chi connectivity index (χ4v) is 2.40. The van der Waals surface area contributed by atoms with E-state index in [2.05, 4.69) is 15.3 Å². The van der Waals surface area contributed by atoms with Crippen LogP contribution in [0.15, 0.2) is 24.4 Å². The molecular weight excluding hydrogens is 260 g/mol. The van der Waals surface area contributed by atoms with Crippen LogP contribution in [-0.4, -0.2) is 30.6 Å². The van der Waals surface area contributed by atoms with E-state index in [1.54, 1.807) is 0 Å². The van der Waals surface area contributed by atoms with E-state index in [9.17, 15) is 0 Å². The average molecular weight is 275 g/mol. The van der Waals surface area contributed by atoms with Gasteiger partial charge in [-0.25, -0.2) is 9.97 Å². The van der Waals surface area contributed by atoms with Gasteiger partial charge in [0.1, 0.15) is 0 Å². The molecule has 1 aliphatic rings. The smallest absolute Gasteiger partial charge is 0.225 e. The van der Waals surface area contributed by atoms with Gasteiger partial charge in [-0.2, -0.15) is 0 Å². The van der Waals surface area contributed by atoms with Crippen molar-refractivity contribution in [1.82, 2.24) is 9.97 Å². The second-order valence-electron chi connectivity index (χ2n) is 4.80. The summed E-state index contributed by atoms with van der Waals surface area (Å²) < 4.78 is 0. The normalized spacial score (nSPS) is 13.0. The minimum Gasteiger partial charge on any atom is -0.384 e. The highest BCUT2D eigenvalue weighted by Gasteiger charge is 2.17. The SMILES string of the molecule is CN(C)c1ncc2c(n1)-c1ccc(Cl)cc1NCC2. The molecule has 0 amide bonds. The van der Waals surface area contributed by atoms with Crippen LogP contribution in [0.5, 0.6) is 0 Å². The second-order valence-corrected chi connectivity index (χ2v) is 5.24. The van der Waals surface area contributed by atoms with E-state index >= 15 is 0 Å². The maximum Gasteiger partial charge on any atom is 0.225 e. The first-order valence-electron chi connectivity index (χ1n) is 6.22. The molecule has 1 aliphatic heterocycles. The summed E-state index contributed by atoms with van der Waals surface area (Å²) in [6, 6.07) is 5.86. The van der Waals surface area contributed by atoms with E-state index in [1.165, 1.54) is 5.56 Å². The molecule has 4 nitrogen and oxygen atoms in total. The topological polar surface area (TPSA) is 41.1 Å². The van der Waals surface area contributed by atoms with Crippen molar-refractivity contribution in [2.24, 2.45) is 0 Å². The highest BCUT2D eigenvalue weighted by Crippen LogP contribution is 2.34. The minimum absolute atomic E-state index is 0.724. The summed E-state index contributed by atoms with van der Waals surface area (Å²) in [7, 11) is 3.89. The molecule has 0 aliphatic carbocycles. The Morgan fingerprint density at radius 3 is 2.95 bits per heavy atom. The van der Waals surface area contributed by atoms with Gasteiger partial charge in [0.05, 0.1) is 5.69 Å². The predicted octanol–water partition coefficient (Wildman–Crippen LogP) is 2.83. The third kappa shape index (κ3) is 2.24. The highest BCUT2D eigenvalue weighted by molar-refractivity contribution is 6.31. The maximum atomic E-state index is 6.06. The molecule has 5 heteroatoms. The van der Waals surface area contributed by atoms with Crippen molar-refractivity contribution >= 4 is 23.2 Å². The van der Waals surface area contributed by atoms with Crippen LogP contribution >= 0.6 is 11.6 Å². The molecule has 19 heavy (non-hydrogen) atoms. The first-order valence-corrected chi connectivity index (χ1v) is 6.60. The van der Waals surface area contributed by atoms with E-state index in [0.29, 0.717) is 0 Å². The largest absolute Gasteiger partial charge is 0.384 e. The van der Waals surface area contributed by atoms with Gasteiger partial charge in [0.2, 0.25) is 5.95 Å². The summed E-state index contributed by atoms with van der Waals surface area (Å²) in [6.07, 6.45) is 2.83. The lowest BCUT2D eigenvalue weighted by Crippen LogP contribution is -2.13. The minimum atomic E-state index is 0.724. The molecule has 0 saturated carbocycles. The van der Waals surface area contributed by atoms with E-state index < -0.39 is 0 Å². The van der Waals surface area contributed by atoms with Gasteiger partial charge in [0.15, 0.2) is 0 Å². The van der Waals surface area contributed by atoms with E-state index in [4.69, 9.17) is 11.6 Å². The number of nitrogens with one attached hydrogen (secondary N) is 1. The van der Waals surface area contributed by atoms with Crippen LogP contribution in [-0.2, 0) is 6.42 Å². The molecular formula is C14H15ClN4. The van der Waals surface area contributed by atoms with Gasteiger partial charge in [-0.3, -0.25) is 0 Å². The monoisotopic (exact) mass is 274 g/mol. The molecule has 0 atom stereocenters. The number of hydrogen-bond acceptors (Lipinski definition) is 4.